The summed E-state index contributed by atoms with van der Waals surface area (Å²) >= 11 is 1.86. The Balaban J connectivity index is 2.11. The van der Waals surface area contributed by atoms with Gasteiger partial charge >= 0.3 is 0 Å². The van der Waals surface area contributed by atoms with Gasteiger partial charge in [0, 0.05) is 11.8 Å². The van der Waals surface area contributed by atoms with Crippen molar-refractivity contribution in [2.75, 3.05) is 6.54 Å². The summed E-state index contributed by atoms with van der Waals surface area (Å²) in [7, 11) is 0. The maximum absolute atomic E-state index is 4.33. The van der Waals surface area contributed by atoms with Gasteiger partial charge in [0.05, 0.1) is 11.6 Å². The zero-order chi connectivity index (χ0) is 6.81. The first-order valence-electron chi connectivity index (χ1n) is 3.54. The van der Waals surface area contributed by atoms with E-state index in [4.69, 9.17) is 0 Å². The van der Waals surface area contributed by atoms with E-state index in [1.165, 1.54) is 6.42 Å². The Morgan fingerprint density at radius 3 is 3.60 bits per heavy atom. The summed E-state index contributed by atoms with van der Waals surface area (Å²) in [6.45, 7) is 1.09. The molecule has 0 saturated carbocycles. The number of thioether (sulfide) groups is 1. The molecule has 10 heavy (non-hydrogen) atoms. The van der Waals surface area contributed by atoms with Crippen molar-refractivity contribution in [3.05, 3.63) is 12.3 Å². The first-order chi connectivity index (χ1) is 4.97. The number of nitrogens with one attached hydrogen (secondary N) is 1. The monoisotopic (exact) mass is 154 g/mol. The molecule has 0 aromatic rings. The van der Waals surface area contributed by atoms with Gasteiger partial charge in [0.2, 0.25) is 0 Å². The fraction of sp³-hybridized carbons (Fsp3) is 0.571. The summed E-state index contributed by atoms with van der Waals surface area (Å²) < 4.78 is 0. The molecule has 2 heterocycles. The summed E-state index contributed by atoms with van der Waals surface area (Å²) in [4.78, 5) is 4.33. The molecule has 2 aliphatic heterocycles. The Hall–Kier alpha value is -0.440. The van der Waals surface area contributed by atoms with Gasteiger partial charge in [-0.1, -0.05) is 0 Å². The minimum atomic E-state index is 0.444. The normalized spacial score (nSPS) is 36.8. The molecule has 0 saturated heterocycles. The van der Waals surface area contributed by atoms with E-state index in [-0.39, 0.29) is 0 Å². The first kappa shape index (κ1) is 6.28. The van der Waals surface area contributed by atoms with Gasteiger partial charge in [0.15, 0.2) is 0 Å². The number of hydrogen-bond acceptors (Lipinski definition) is 3. The van der Waals surface area contributed by atoms with E-state index in [1.54, 1.807) is 0 Å². The lowest BCUT2D eigenvalue weighted by atomic mass is 10.2. The molecule has 2 unspecified atom stereocenters. The highest BCUT2D eigenvalue weighted by Crippen LogP contribution is 2.26. The number of aliphatic imine (C=N–C) groups is 1. The van der Waals surface area contributed by atoms with E-state index in [9.17, 15) is 0 Å². The van der Waals surface area contributed by atoms with Crippen LogP contribution in [0, 0.1) is 0 Å². The average Bonchev–Trinajstić information content (AvgIpc) is 2.28. The lowest BCUT2D eigenvalue weighted by molar-refractivity contribution is 0.699. The topological polar surface area (TPSA) is 24.4 Å². The Bertz CT molecular complexity index is 176. The molecule has 0 radical (unpaired) electrons. The van der Waals surface area contributed by atoms with E-state index in [2.05, 4.69) is 16.4 Å². The van der Waals surface area contributed by atoms with Gasteiger partial charge in [0.1, 0.15) is 0 Å². The van der Waals surface area contributed by atoms with Gasteiger partial charge in [-0.25, -0.2) is 0 Å². The molecule has 1 N–H and O–H groups in total. The van der Waals surface area contributed by atoms with Crippen molar-refractivity contribution in [3.63, 3.8) is 0 Å². The standard InChI is InChI=1S/C7H10N2S/c1-3-8-4-2-7-6(1)9-5-10-7/h1,3,5-8H,2,4H2. The fourth-order valence-corrected chi connectivity index (χ4v) is 2.19. The second-order valence-corrected chi connectivity index (χ2v) is 3.61. The fourth-order valence-electron chi connectivity index (χ4n) is 1.25. The van der Waals surface area contributed by atoms with Crippen LogP contribution in [0.2, 0.25) is 0 Å². The van der Waals surface area contributed by atoms with E-state index >= 15 is 0 Å². The molecule has 0 aromatic carbocycles. The summed E-state index contributed by atoms with van der Waals surface area (Å²) in [6, 6.07) is 0.444. The Labute approximate surface area is 64.8 Å². The molecule has 2 atom stereocenters. The molecule has 0 aromatic heterocycles. The predicted octanol–water partition coefficient (Wildman–Crippen LogP) is 1.01. The molecule has 0 bridgehead atoms. The molecule has 2 nitrogen and oxygen atoms in total. The van der Waals surface area contributed by atoms with Gasteiger partial charge < -0.3 is 5.32 Å². The summed E-state index contributed by atoms with van der Waals surface area (Å²) in [5.41, 5.74) is 1.98. The number of rotatable bonds is 0. The van der Waals surface area contributed by atoms with E-state index in [1.807, 2.05) is 23.5 Å². The summed E-state index contributed by atoms with van der Waals surface area (Å²) in [6.07, 6.45) is 5.39. The third-order valence-electron chi connectivity index (χ3n) is 1.83. The van der Waals surface area contributed by atoms with Crippen molar-refractivity contribution < 1.29 is 0 Å². The van der Waals surface area contributed by atoms with Crippen LogP contribution in [0.5, 0.6) is 0 Å². The maximum atomic E-state index is 4.33. The lowest BCUT2D eigenvalue weighted by Crippen LogP contribution is -2.16. The molecule has 0 amide bonds. The lowest BCUT2D eigenvalue weighted by Gasteiger charge is -2.09. The number of hydrogen-bond donors (Lipinski definition) is 1. The molecule has 0 fully saturated rings. The highest BCUT2D eigenvalue weighted by atomic mass is 32.2. The van der Waals surface area contributed by atoms with Crippen molar-refractivity contribution >= 4 is 17.3 Å². The maximum Gasteiger partial charge on any atom is 0.0825 e. The molecule has 0 aliphatic carbocycles. The quantitative estimate of drug-likeness (QED) is 0.563. The minimum Gasteiger partial charge on any atom is -0.391 e. The third-order valence-corrected chi connectivity index (χ3v) is 2.94. The van der Waals surface area contributed by atoms with Crippen LogP contribution in [-0.4, -0.2) is 23.4 Å². The number of nitrogens with zero attached hydrogens (tertiary/aromatic N) is 1. The molecular formula is C7H10N2S. The highest BCUT2D eigenvalue weighted by molar-refractivity contribution is 8.12. The molecule has 0 spiro atoms. The largest absolute Gasteiger partial charge is 0.391 e. The summed E-state index contributed by atoms with van der Waals surface area (Å²) in [5.74, 6) is 0. The molecule has 3 heteroatoms. The average molecular weight is 154 g/mol. The van der Waals surface area contributed by atoms with Crippen LogP contribution >= 0.6 is 11.8 Å². The van der Waals surface area contributed by atoms with Crippen molar-refractivity contribution in [3.8, 4) is 0 Å². The van der Waals surface area contributed by atoms with Crippen LogP contribution in [0.15, 0.2) is 17.3 Å². The predicted molar refractivity (Wildman–Crippen MR) is 45.4 cm³/mol. The van der Waals surface area contributed by atoms with Crippen LogP contribution < -0.4 is 5.32 Å². The van der Waals surface area contributed by atoms with Crippen LogP contribution in [-0.2, 0) is 0 Å². The molecule has 54 valence electrons. The second kappa shape index (κ2) is 2.66. The zero-order valence-electron chi connectivity index (χ0n) is 5.66. The van der Waals surface area contributed by atoms with Crippen molar-refractivity contribution in [1.82, 2.24) is 5.32 Å². The van der Waals surface area contributed by atoms with E-state index in [0.717, 1.165) is 6.54 Å². The minimum absolute atomic E-state index is 0.444. The van der Waals surface area contributed by atoms with Crippen LogP contribution in [0.4, 0.5) is 0 Å². The van der Waals surface area contributed by atoms with Gasteiger partial charge in [-0.2, -0.15) is 0 Å². The molecular weight excluding hydrogens is 144 g/mol. The van der Waals surface area contributed by atoms with Crippen LogP contribution in [0.25, 0.3) is 0 Å². The number of fused-ring (bicyclic) bond motifs is 1. The van der Waals surface area contributed by atoms with Crippen molar-refractivity contribution in [2.45, 2.75) is 17.7 Å². The van der Waals surface area contributed by atoms with Gasteiger partial charge in [-0.15, -0.1) is 11.8 Å². The molecule has 2 rings (SSSR count). The highest BCUT2D eigenvalue weighted by Gasteiger charge is 2.23. The van der Waals surface area contributed by atoms with E-state index < -0.39 is 0 Å². The second-order valence-electron chi connectivity index (χ2n) is 2.52. The van der Waals surface area contributed by atoms with Gasteiger partial charge in [-0.05, 0) is 18.7 Å². The molecule has 2 aliphatic rings. The Kier molecular flexibility index (Phi) is 1.67. The van der Waals surface area contributed by atoms with Gasteiger partial charge in [0.25, 0.3) is 0 Å². The SMILES string of the molecule is C1=CC2N=CSC2CCN1. The third kappa shape index (κ3) is 1.06. The van der Waals surface area contributed by atoms with E-state index in [0.29, 0.717) is 11.3 Å². The Morgan fingerprint density at radius 1 is 1.60 bits per heavy atom. The van der Waals surface area contributed by atoms with Crippen molar-refractivity contribution in [1.29, 1.82) is 0 Å². The smallest absolute Gasteiger partial charge is 0.0825 e. The van der Waals surface area contributed by atoms with Crippen LogP contribution in [0.3, 0.4) is 0 Å². The zero-order valence-corrected chi connectivity index (χ0v) is 6.47. The Morgan fingerprint density at radius 2 is 2.60 bits per heavy atom. The summed E-state index contributed by atoms with van der Waals surface area (Å²) in [5, 5.41) is 3.91. The van der Waals surface area contributed by atoms with Crippen LogP contribution in [0.1, 0.15) is 6.42 Å². The van der Waals surface area contributed by atoms with Gasteiger partial charge in [-0.3, -0.25) is 4.99 Å². The van der Waals surface area contributed by atoms with Crippen molar-refractivity contribution in [2.24, 2.45) is 4.99 Å². The first-order valence-corrected chi connectivity index (χ1v) is 4.48.